The molecule has 1 aliphatic heterocycles. The van der Waals surface area contributed by atoms with Crippen LogP contribution in [0.25, 0.3) is 11.1 Å². The second-order valence-corrected chi connectivity index (χ2v) is 13.3. The van der Waals surface area contributed by atoms with E-state index in [9.17, 15) is 4.79 Å². The van der Waals surface area contributed by atoms with E-state index < -0.39 is 0 Å². The summed E-state index contributed by atoms with van der Waals surface area (Å²) < 4.78 is 0. The van der Waals surface area contributed by atoms with E-state index in [0.29, 0.717) is 5.92 Å². The average molecular weight is 533 g/mol. The molecule has 2 aromatic carbocycles. The number of hydrogen-bond acceptors (Lipinski definition) is 4. The molecule has 2 aromatic rings. The molecule has 0 N–H and O–H groups in total. The molecule has 3 nitrogen and oxygen atoms in total. The third kappa shape index (κ3) is 5.77. The number of nitrogens with zero attached hydrogens (tertiary/aromatic N) is 2. The normalized spacial score (nSPS) is 19.5. The maximum absolute atomic E-state index is 13.6. The summed E-state index contributed by atoms with van der Waals surface area (Å²) in [5.41, 5.74) is 7.22. The van der Waals surface area contributed by atoms with Crippen LogP contribution >= 0.6 is 11.8 Å². The van der Waals surface area contributed by atoms with Gasteiger partial charge in [-0.25, -0.2) is 0 Å². The lowest BCUT2D eigenvalue weighted by Gasteiger charge is -2.31. The van der Waals surface area contributed by atoms with Gasteiger partial charge in [-0.2, -0.15) is 5.11 Å². The topological polar surface area (TPSA) is 41.8 Å². The Bertz CT molecular complexity index is 1460. The highest BCUT2D eigenvalue weighted by Gasteiger charge is 2.36. The van der Waals surface area contributed by atoms with Crippen LogP contribution in [0, 0.1) is 16.7 Å². The Labute approximate surface area is 236 Å². The minimum atomic E-state index is -0.292. The largest absolute Gasteiger partial charge is 0.289 e. The summed E-state index contributed by atoms with van der Waals surface area (Å²) in [5, 5.41) is 9.64. The zero-order valence-corrected chi connectivity index (χ0v) is 24.5. The number of hydrogen-bond donors (Lipinski definition) is 0. The van der Waals surface area contributed by atoms with Crippen LogP contribution in [0.5, 0.6) is 0 Å². The summed E-state index contributed by atoms with van der Waals surface area (Å²) in [6, 6.07) is 18.5. The molecule has 5 rings (SSSR count). The van der Waals surface area contributed by atoms with E-state index in [2.05, 4.69) is 90.1 Å². The smallest absolute Gasteiger partial charge is 0.186 e. The molecular weight excluding hydrogens is 496 g/mol. The predicted molar refractivity (Wildman–Crippen MR) is 165 cm³/mol. The van der Waals surface area contributed by atoms with Crippen LogP contribution in [-0.4, -0.2) is 11.5 Å². The summed E-state index contributed by atoms with van der Waals surface area (Å²) in [6.45, 7) is 12.6. The molecule has 0 fully saturated rings. The molecule has 2 aliphatic carbocycles. The van der Waals surface area contributed by atoms with Crippen LogP contribution < -0.4 is 0 Å². The Kier molecular flexibility index (Phi) is 7.35. The van der Waals surface area contributed by atoms with Crippen molar-refractivity contribution in [1.29, 1.82) is 0 Å². The van der Waals surface area contributed by atoms with Crippen LogP contribution in [0.4, 0.5) is 5.69 Å². The molecule has 1 heterocycles. The highest BCUT2D eigenvalue weighted by Crippen LogP contribution is 2.47. The van der Waals surface area contributed by atoms with Gasteiger partial charge < -0.3 is 0 Å². The molecule has 0 saturated carbocycles. The molecule has 0 radical (unpaired) electrons. The van der Waals surface area contributed by atoms with Crippen molar-refractivity contribution >= 4 is 23.2 Å². The van der Waals surface area contributed by atoms with Crippen LogP contribution in [0.2, 0.25) is 0 Å². The van der Waals surface area contributed by atoms with Crippen molar-refractivity contribution in [3.63, 3.8) is 0 Å². The van der Waals surface area contributed by atoms with Gasteiger partial charge in [-0.1, -0.05) is 108 Å². The first-order valence-electron chi connectivity index (χ1n) is 13.5. The van der Waals surface area contributed by atoms with Gasteiger partial charge in [-0.15, -0.1) is 16.9 Å². The molecule has 3 aliphatic rings. The number of carbonyl (C=O) groups is 1. The second-order valence-electron chi connectivity index (χ2n) is 12.3. The molecule has 0 bridgehead atoms. The van der Waals surface area contributed by atoms with Gasteiger partial charge in [-0.05, 0) is 51.8 Å². The Morgan fingerprint density at radius 2 is 1.44 bits per heavy atom. The average Bonchev–Trinajstić information content (AvgIpc) is 3.33. The lowest BCUT2D eigenvalue weighted by molar-refractivity contribution is -0.114. The van der Waals surface area contributed by atoms with Crippen molar-refractivity contribution in [2.75, 3.05) is 5.75 Å². The van der Waals surface area contributed by atoms with Gasteiger partial charge in [0.1, 0.15) is 5.70 Å². The summed E-state index contributed by atoms with van der Waals surface area (Å²) in [5.74, 6) is 1.48. The first kappa shape index (κ1) is 27.1. The van der Waals surface area contributed by atoms with Crippen LogP contribution in [-0.2, 0) is 4.79 Å². The molecule has 198 valence electrons. The molecule has 4 heteroatoms. The van der Waals surface area contributed by atoms with Crippen molar-refractivity contribution in [3.05, 3.63) is 124 Å². The van der Waals surface area contributed by atoms with E-state index in [1.165, 1.54) is 11.1 Å². The fourth-order valence-electron chi connectivity index (χ4n) is 5.01. The summed E-state index contributed by atoms with van der Waals surface area (Å²) in [7, 11) is 0. The minimum Gasteiger partial charge on any atom is -0.289 e. The number of fused-ring (bicyclic) bond motifs is 1. The van der Waals surface area contributed by atoms with Gasteiger partial charge in [0.15, 0.2) is 5.78 Å². The van der Waals surface area contributed by atoms with Crippen molar-refractivity contribution in [1.82, 2.24) is 0 Å². The third-order valence-electron chi connectivity index (χ3n) is 7.23. The fourth-order valence-corrected chi connectivity index (χ4v) is 6.33. The standard InChI is InChI=1S/C35H36N2OS/c1-34(2,3)29-20-26(21-30(32(29)38)35(4,5)6)31(33-28-15-11-10-14-25(28)22-39-33)37-36-27-18-16-24(17-19-27)23-12-8-7-9-13-23/h7-21,25H,22H2,1-6H3. The molecular formula is C35H36N2OS. The number of Topliss-reactive ketones (excluding diaryl/α,β-unsaturated/α-hetero) is 1. The van der Waals surface area contributed by atoms with Crippen LogP contribution in [0.3, 0.4) is 0 Å². The maximum atomic E-state index is 13.6. The number of azo groups is 1. The van der Waals surface area contributed by atoms with E-state index in [1.54, 1.807) is 0 Å². The number of ketones is 1. The van der Waals surface area contributed by atoms with E-state index >= 15 is 0 Å². The monoisotopic (exact) mass is 532 g/mol. The predicted octanol–water partition coefficient (Wildman–Crippen LogP) is 9.96. The maximum Gasteiger partial charge on any atom is 0.186 e. The van der Waals surface area contributed by atoms with Gasteiger partial charge in [0, 0.05) is 33.3 Å². The minimum absolute atomic E-state index is 0.127. The SMILES string of the molecule is CC(C)(C)C1=CC(=C(N=Nc2ccc(-c3ccccc3)cc2)C2=C3C=CC=CC3CS2)C=C(C(C)(C)C)C1=O. The highest BCUT2D eigenvalue weighted by molar-refractivity contribution is 8.03. The van der Waals surface area contributed by atoms with E-state index in [4.69, 9.17) is 10.2 Å². The summed E-state index contributed by atoms with van der Waals surface area (Å²) >= 11 is 1.82. The van der Waals surface area contributed by atoms with Gasteiger partial charge in [-0.3, -0.25) is 4.79 Å². The Morgan fingerprint density at radius 1 is 0.821 bits per heavy atom. The van der Waals surface area contributed by atoms with Crippen molar-refractivity contribution in [3.8, 4) is 11.1 Å². The number of benzene rings is 2. The fraction of sp³-hybridized carbons (Fsp3) is 0.286. The zero-order chi connectivity index (χ0) is 27.8. The molecule has 1 unspecified atom stereocenters. The molecule has 0 aromatic heterocycles. The van der Waals surface area contributed by atoms with Crippen molar-refractivity contribution in [2.24, 2.45) is 27.0 Å². The quantitative estimate of drug-likeness (QED) is 0.368. The summed E-state index contributed by atoms with van der Waals surface area (Å²) in [4.78, 5) is 14.8. The van der Waals surface area contributed by atoms with Crippen molar-refractivity contribution < 1.29 is 4.79 Å². The number of rotatable bonds is 4. The molecule has 0 saturated heterocycles. The zero-order valence-electron chi connectivity index (χ0n) is 23.7. The summed E-state index contributed by atoms with van der Waals surface area (Å²) in [6.07, 6.45) is 12.8. The van der Waals surface area contributed by atoms with E-state index in [0.717, 1.165) is 44.3 Å². The highest BCUT2D eigenvalue weighted by atomic mass is 32.2. The number of thioether (sulfide) groups is 1. The van der Waals surface area contributed by atoms with Crippen LogP contribution in [0.1, 0.15) is 41.5 Å². The Morgan fingerprint density at radius 3 is 2.05 bits per heavy atom. The van der Waals surface area contributed by atoms with Gasteiger partial charge in [0.2, 0.25) is 0 Å². The lowest BCUT2D eigenvalue weighted by Crippen LogP contribution is -2.28. The Hall–Kier alpha value is -3.50. The Balaban J connectivity index is 1.65. The van der Waals surface area contributed by atoms with E-state index in [1.807, 2.05) is 54.2 Å². The number of carbonyl (C=O) groups excluding carboxylic acids is 1. The van der Waals surface area contributed by atoms with Gasteiger partial charge in [0.25, 0.3) is 0 Å². The second kappa shape index (κ2) is 10.6. The lowest BCUT2D eigenvalue weighted by atomic mass is 9.71. The molecule has 39 heavy (non-hydrogen) atoms. The third-order valence-corrected chi connectivity index (χ3v) is 8.48. The van der Waals surface area contributed by atoms with Crippen molar-refractivity contribution in [2.45, 2.75) is 41.5 Å². The first-order valence-corrected chi connectivity index (χ1v) is 14.5. The van der Waals surface area contributed by atoms with Gasteiger partial charge in [0.05, 0.1) is 5.69 Å². The van der Waals surface area contributed by atoms with Gasteiger partial charge >= 0.3 is 0 Å². The van der Waals surface area contributed by atoms with Crippen LogP contribution in [0.15, 0.2) is 134 Å². The molecule has 0 spiro atoms. The molecule has 0 amide bonds. The van der Waals surface area contributed by atoms with E-state index in [-0.39, 0.29) is 16.6 Å². The molecule has 1 atom stereocenters. The first-order chi connectivity index (χ1) is 18.5. The number of allylic oxidation sites excluding steroid dienone is 10.